The number of amides is 4. The first kappa shape index (κ1) is 20.7. The number of rotatable bonds is 4. The Bertz CT molecular complexity index is 1180. The van der Waals surface area contributed by atoms with Crippen molar-refractivity contribution in [1.29, 1.82) is 0 Å². The van der Waals surface area contributed by atoms with E-state index in [0.29, 0.717) is 16.3 Å². The van der Waals surface area contributed by atoms with E-state index in [1.54, 1.807) is 11.4 Å². The third-order valence-electron chi connectivity index (χ3n) is 6.79. The van der Waals surface area contributed by atoms with Crippen molar-refractivity contribution in [3.8, 4) is 0 Å². The summed E-state index contributed by atoms with van der Waals surface area (Å²) in [4.78, 5) is 53.6. The van der Waals surface area contributed by atoms with Crippen LogP contribution < -0.4 is 16.4 Å². The van der Waals surface area contributed by atoms with E-state index in [0.717, 1.165) is 11.1 Å². The molecule has 0 radical (unpaired) electrons. The number of primary amides is 1. The van der Waals surface area contributed by atoms with Crippen molar-refractivity contribution >= 4 is 40.9 Å². The molecule has 3 heterocycles. The third kappa shape index (κ3) is 2.79. The van der Waals surface area contributed by atoms with Crippen LogP contribution in [-0.2, 0) is 31.3 Å². The van der Waals surface area contributed by atoms with Crippen molar-refractivity contribution < 1.29 is 24.5 Å². The van der Waals surface area contributed by atoms with Crippen LogP contribution in [0.3, 0.4) is 0 Å². The summed E-state index contributed by atoms with van der Waals surface area (Å²) in [5.41, 5.74) is 6.72. The maximum absolute atomic E-state index is 13.7. The number of nitrogens with one attached hydrogen (secondary N) is 1. The topological polar surface area (TPSA) is 126 Å². The monoisotopic (exact) mass is 453 g/mol. The zero-order valence-electron chi connectivity index (χ0n) is 17.3. The largest absolute Gasteiger partial charge is 0.369 e. The Hall–Kier alpha value is -3.23. The highest BCUT2D eigenvalue weighted by molar-refractivity contribution is 6.35. The predicted molar refractivity (Wildman–Crippen MR) is 115 cm³/mol. The Morgan fingerprint density at radius 3 is 2.59 bits per heavy atom. The number of hydrogen-bond donors (Lipinski definition) is 3. The molecule has 0 aliphatic carbocycles. The SMILES string of the molecule is Cc1cc(Cl)c2c(c1)[C@@]1([NH2+][C@H](CC(N)=O)[C@H]3C(=O)N(Cc4ccccc4)C(=O)[C@H]31)C(=O)N2. The Balaban J connectivity index is 1.64. The number of imide groups is 1. The molecule has 5 rings (SSSR count). The highest BCUT2D eigenvalue weighted by Gasteiger charge is 2.74. The second-order valence-electron chi connectivity index (χ2n) is 8.75. The summed E-state index contributed by atoms with van der Waals surface area (Å²) in [5.74, 6) is -3.61. The lowest BCUT2D eigenvalue weighted by Crippen LogP contribution is -2.99. The molecular weight excluding hydrogens is 432 g/mol. The van der Waals surface area contributed by atoms with E-state index in [9.17, 15) is 19.2 Å². The van der Waals surface area contributed by atoms with Crippen LogP contribution in [0.25, 0.3) is 0 Å². The number of hydrogen-bond acceptors (Lipinski definition) is 4. The zero-order valence-corrected chi connectivity index (χ0v) is 18.1. The first-order valence-corrected chi connectivity index (χ1v) is 10.8. The lowest BCUT2D eigenvalue weighted by molar-refractivity contribution is -0.732. The van der Waals surface area contributed by atoms with Crippen LogP contribution in [0.15, 0.2) is 42.5 Å². The summed E-state index contributed by atoms with van der Waals surface area (Å²) in [7, 11) is 0. The highest BCUT2D eigenvalue weighted by atomic mass is 35.5. The van der Waals surface area contributed by atoms with Crippen LogP contribution >= 0.6 is 11.6 Å². The highest BCUT2D eigenvalue weighted by Crippen LogP contribution is 2.51. The van der Waals surface area contributed by atoms with Gasteiger partial charge >= 0.3 is 0 Å². The smallest absolute Gasteiger partial charge is 0.291 e. The van der Waals surface area contributed by atoms with Crippen LogP contribution in [0.4, 0.5) is 5.69 Å². The van der Waals surface area contributed by atoms with Gasteiger partial charge in [0.15, 0.2) is 0 Å². The summed E-state index contributed by atoms with van der Waals surface area (Å²) in [6.07, 6.45) is -0.122. The Labute approximate surface area is 189 Å². The molecule has 0 aromatic heterocycles. The van der Waals surface area contributed by atoms with Gasteiger partial charge in [0.1, 0.15) is 17.9 Å². The molecule has 0 bridgehead atoms. The first-order chi connectivity index (χ1) is 15.2. The molecule has 0 unspecified atom stereocenters. The molecule has 5 N–H and O–H groups in total. The molecular formula is C23H22ClN4O4+. The van der Waals surface area contributed by atoms with E-state index < -0.39 is 41.1 Å². The summed E-state index contributed by atoms with van der Waals surface area (Å²) in [6, 6.07) is 12.1. The van der Waals surface area contributed by atoms with Gasteiger partial charge in [-0.15, -0.1) is 0 Å². The van der Waals surface area contributed by atoms with Gasteiger partial charge in [0, 0.05) is 5.56 Å². The standard InChI is InChI=1S/C23H21ClN4O4/c1-11-7-13-19(14(24)8-11)26-22(32)23(13)18-17(15(27-23)9-16(25)29)20(30)28(21(18)31)10-12-5-3-2-4-6-12/h2-8,15,17-18,27H,9-10H2,1H3,(H2,25,29)(H,26,32)/p+1/t15-,17-,18+,23+/m1/s1. The normalized spacial score (nSPS) is 28.2. The maximum Gasteiger partial charge on any atom is 0.291 e. The van der Waals surface area contributed by atoms with Crippen LogP contribution in [0.5, 0.6) is 0 Å². The lowest BCUT2D eigenvalue weighted by atomic mass is 9.76. The van der Waals surface area contributed by atoms with Crippen molar-refractivity contribution in [2.45, 2.75) is 31.5 Å². The number of aryl methyl sites for hydroxylation is 1. The van der Waals surface area contributed by atoms with Crippen LogP contribution in [0.1, 0.15) is 23.1 Å². The minimum atomic E-state index is -1.38. The molecule has 1 spiro atoms. The van der Waals surface area contributed by atoms with Gasteiger partial charge < -0.3 is 16.4 Å². The number of halogens is 1. The number of likely N-dealkylation sites (tertiary alicyclic amines) is 1. The molecule has 2 aromatic rings. The van der Waals surface area contributed by atoms with Crippen molar-refractivity contribution in [3.63, 3.8) is 0 Å². The molecule has 3 aliphatic heterocycles. The summed E-state index contributed by atoms with van der Waals surface area (Å²) in [6.45, 7) is 1.95. The van der Waals surface area contributed by atoms with E-state index in [4.69, 9.17) is 17.3 Å². The van der Waals surface area contributed by atoms with E-state index >= 15 is 0 Å². The van der Waals surface area contributed by atoms with Gasteiger partial charge in [-0.3, -0.25) is 24.1 Å². The number of carbonyl (C=O) groups is 4. The zero-order chi connectivity index (χ0) is 22.8. The molecule has 8 nitrogen and oxygen atoms in total. The third-order valence-corrected chi connectivity index (χ3v) is 7.08. The molecule has 164 valence electrons. The fourth-order valence-corrected chi connectivity index (χ4v) is 5.88. The second-order valence-corrected chi connectivity index (χ2v) is 9.15. The Morgan fingerprint density at radius 1 is 1.19 bits per heavy atom. The molecule has 3 aliphatic rings. The number of benzene rings is 2. The summed E-state index contributed by atoms with van der Waals surface area (Å²) >= 11 is 6.40. The quantitative estimate of drug-likeness (QED) is 0.580. The number of nitrogens with zero attached hydrogens (tertiary/aromatic N) is 1. The molecule has 9 heteroatoms. The molecule has 0 saturated carbocycles. The number of anilines is 1. The molecule has 2 fully saturated rings. The number of nitrogens with two attached hydrogens (primary N) is 2. The number of carbonyl (C=O) groups excluding carboxylic acids is 4. The number of quaternary nitrogens is 1. The van der Waals surface area contributed by atoms with E-state index in [1.165, 1.54) is 4.90 Å². The van der Waals surface area contributed by atoms with Crippen LogP contribution in [0.2, 0.25) is 5.02 Å². The van der Waals surface area contributed by atoms with Gasteiger partial charge in [-0.2, -0.15) is 0 Å². The van der Waals surface area contributed by atoms with Gasteiger partial charge in [-0.05, 0) is 30.2 Å². The predicted octanol–water partition coefficient (Wildman–Crippen LogP) is 0.418. The van der Waals surface area contributed by atoms with Crippen molar-refractivity contribution in [2.24, 2.45) is 17.6 Å². The van der Waals surface area contributed by atoms with Crippen molar-refractivity contribution in [1.82, 2.24) is 4.90 Å². The molecule has 32 heavy (non-hydrogen) atoms. The van der Waals surface area contributed by atoms with E-state index in [2.05, 4.69) is 5.32 Å². The minimum absolute atomic E-state index is 0.105. The van der Waals surface area contributed by atoms with Gasteiger partial charge in [0.05, 0.1) is 23.7 Å². The maximum atomic E-state index is 13.7. The molecule has 2 saturated heterocycles. The van der Waals surface area contributed by atoms with Gasteiger partial charge in [0.25, 0.3) is 5.91 Å². The van der Waals surface area contributed by atoms with Crippen LogP contribution in [-0.4, -0.2) is 34.6 Å². The van der Waals surface area contributed by atoms with E-state index in [1.807, 2.05) is 43.3 Å². The van der Waals surface area contributed by atoms with Crippen molar-refractivity contribution in [3.05, 3.63) is 64.2 Å². The summed E-state index contributed by atoms with van der Waals surface area (Å²) < 4.78 is 0. The molecule has 4 atom stereocenters. The average molecular weight is 454 g/mol. The Kier molecular flexibility index (Phi) is 4.61. The molecule has 2 aromatic carbocycles. The van der Waals surface area contributed by atoms with Gasteiger partial charge in [-0.1, -0.05) is 41.9 Å². The number of fused-ring (bicyclic) bond motifs is 4. The lowest BCUT2D eigenvalue weighted by Gasteiger charge is -2.26. The van der Waals surface area contributed by atoms with Gasteiger partial charge in [-0.25, -0.2) is 0 Å². The van der Waals surface area contributed by atoms with Crippen molar-refractivity contribution in [2.75, 3.05) is 5.32 Å². The summed E-state index contributed by atoms with van der Waals surface area (Å²) in [5, 5.41) is 4.86. The fraction of sp³-hybridized carbons (Fsp3) is 0.304. The van der Waals surface area contributed by atoms with Crippen LogP contribution in [0, 0.1) is 18.8 Å². The minimum Gasteiger partial charge on any atom is -0.369 e. The van der Waals surface area contributed by atoms with E-state index in [-0.39, 0.29) is 18.9 Å². The Morgan fingerprint density at radius 2 is 1.91 bits per heavy atom. The fourth-order valence-electron chi connectivity index (χ4n) is 5.55. The van der Waals surface area contributed by atoms with Gasteiger partial charge in [0.2, 0.25) is 23.3 Å². The molecule has 4 amide bonds. The average Bonchev–Trinajstić information content (AvgIpc) is 3.30. The second kappa shape index (κ2) is 7.15. The first-order valence-electron chi connectivity index (χ1n) is 10.4.